The lowest BCUT2D eigenvalue weighted by Gasteiger charge is -2.22. The van der Waals surface area contributed by atoms with Crippen LogP contribution in [-0.2, 0) is 13.0 Å². The number of aliphatic hydroxyl groups excluding tert-OH is 1. The van der Waals surface area contributed by atoms with Crippen molar-refractivity contribution in [1.29, 1.82) is 0 Å². The summed E-state index contributed by atoms with van der Waals surface area (Å²) >= 11 is 0. The Hall–Kier alpha value is -1.94. The third kappa shape index (κ3) is 3.05. The molecule has 1 N–H and O–H groups in total. The lowest BCUT2D eigenvalue weighted by molar-refractivity contribution is 0.156. The van der Waals surface area contributed by atoms with Crippen molar-refractivity contribution in [2.45, 2.75) is 32.0 Å². The summed E-state index contributed by atoms with van der Waals surface area (Å²) in [5.41, 5.74) is 2.17. The monoisotopic (exact) mass is 290 g/mol. The first-order valence-corrected chi connectivity index (χ1v) is 7.01. The summed E-state index contributed by atoms with van der Waals surface area (Å²) < 4.78 is 32.1. The maximum Gasteiger partial charge on any atom is 0.130 e. The maximum atomic E-state index is 13.5. The van der Waals surface area contributed by atoms with E-state index in [2.05, 4.69) is 0 Å². The Bertz CT molecular complexity index is 655. The predicted molar refractivity (Wildman–Crippen MR) is 75.0 cm³/mol. The lowest BCUT2D eigenvalue weighted by atomic mass is 9.89. The van der Waals surface area contributed by atoms with Crippen LogP contribution in [-0.4, -0.2) is 5.11 Å². The topological polar surface area (TPSA) is 29.5 Å². The largest absolute Gasteiger partial charge is 0.489 e. The van der Waals surface area contributed by atoms with Crippen molar-refractivity contribution < 1.29 is 18.6 Å². The molecule has 1 aliphatic carbocycles. The van der Waals surface area contributed by atoms with Gasteiger partial charge < -0.3 is 9.84 Å². The number of ether oxygens (including phenoxy) is 1. The van der Waals surface area contributed by atoms with E-state index in [-0.39, 0.29) is 12.2 Å². The van der Waals surface area contributed by atoms with Gasteiger partial charge in [-0.1, -0.05) is 6.07 Å². The van der Waals surface area contributed by atoms with Crippen LogP contribution in [0.3, 0.4) is 0 Å². The normalized spacial score (nSPS) is 17.4. The minimum absolute atomic E-state index is 0.0432. The van der Waals surface area contributed by atoms with Crippen molar-refractivity contribution in [3.63, 3.8) is 0 Å². The van der Waals surface area contributed by atoms with Crippen molar-refractivity contribution in [3.05, 3.63) is 64.7 Å². The molecule has 1 atom stereocenters. The number of hydrogen-bond donors (Lipinski definition) is 1. The Labute approximate surface area is 122 Å². The Kier molecular flexibility index (Phi) is 3.88. The molecule has 21 heavy (non-hydrogen) atoms. The van der Waals surface area contributed by atoms with E-state index < -0.39 is 17.7 Å². The van der Waals surface area contributed by atoms with Crippen LogP contribution in [0, 0.1) is 11.6 Å². The number of halogens is 2. The van der Waals surface area contributed by atoms with Gasteiger partial charge in [-0.05, 0) is 60.7 Å². The third-order valence-corrected chi connectivity index (χ3v) is 3.80. The van der Waals surface area contributed by atoms with Gasteiger partial charge in [0.05, 0.1) is 6.10 Å². The second-order valence-electron chi connectivity index (χ2n) is 5.29. The second-order valence-corrected chi connectivity index (χ2v) is 5.29. The number of aryl methyl sites for hydroxylation is 1. The fraction of sp³-hybridized carbons (Fsp3) is 0.294. The highest BCUT2D eigenvalue weighted by Crippen LogP contribution is 2.32. The molecule has 4 heteroatoms. The number of benzene rings is 2. The van der Waals surface area contributed by atoms with Gasteiger partial charge in [-0.3, -0.25) is 0 Å². The summed E-state index contributed by atoms with van der Waals surface area (Å²) in [6.45, 7) is -0.0432. The zero-order chi connectivity index (χ0) is 14.8. The number of rotatable bonds is 3. The van der Waals surface area contributed by atoms with Crippen molar-refractivity contribution in [3.8, 4) is 5.75 Å². The van der Waals surface area contributed by atoms with Gasteiger partial charge in [-0.15, -0.1) is 0 Å². The quantitative estimate of drug-likeness (QED) is 0.928. The van der Waals surface area contributed by atoms with E-state index in [1.54, 1.807) is 12.1 Å². The van der Waals surface area contributed by atoms with Crippen molar-refractivity contribution in [2.24, 2.45) is 0 Å². The second kappa shape index (κ2) is 5.82. The van der Waals surface area contributed by atoms with E-state index in [4.69, 9.17) is 4.74 Å². The summed E-state index contributed by atoms with van der Waals surface area (Å²) in [5.74, 6) is -0.427. The summed E-state index contributed by atoms with van der Waals surface area (Å²) in [6, 6.07) is 8.81. The minimum Gasteiger partial charge on any atom is -0.489 e. The Morgan fingerprint density at radius 1 is 1.14 bits per heavy atom. The van der Waals surface area contributed by atoms with Crippen LogP contribution >= 0.6 is 0 Å². The van der Waals surface area contributed by atoms with Crippen LogP contribution in [0.5, 0.6) is 5.75 Å². The summed E-state index contributed by atoms with van der Waals surface area (Å²) in [4.78, 5) is 0. The molecule has 0 saturated carbocycles. The molecule has 0 spiro atoms. The molecular weight excluding hydrogens is 274 g/mol. The van der Waals surface area contributed by atoms with Crippen LogP contribution in [0.25, 0.3) is 0 Å². The van der Waals surface area contributed by atoms with E-state index in [9.17, 15) is 13.9 Å². The van der Waals surface area contributed by atoms with E-state index in [0.29, 0.717) is 5.75 Å². The van der Waals surface area contributed by atoms with E-state index >= 15 is 0 Å². The minimum atomic E-state index is -0.491. The lowest BCUT2D eigenvalue weighted by Crippen LogP contribution is -2.09. The summed E-state index contributed by atoms with van der Waals surface area (Å²) in [6.07, 6.45) is 2.20. The van der Waals surface area contributed by atoms with Crippen LogP contribution in [0.4, 0.5) is 8.78 Å². The zero-order valence-electron chi connectivity index (χ0n) is 11.5. The SMILES string of the molecule is O[C@H]1CCCc2ccc(OCc3cc(F)ccc3F)cc21. The highest BCUT2D eigenvalue weighted by atomic mass is 19.1. The molecule has 0 amide bonds. The van der Waals surface area contributed by atoms with Gasteiger partial charge in [0.1, 0.15) is 24.0 Å². The standard InChI is InChI=1S/C17H16F2O2/c18-13-5-7-16(19)12(8-13)10-21-14-6-4-11-2-1-3-17(20)15(11)9-14/h4-9,17,20H,1-3,10H2/t17-/m0/s1. The highest BCUT2D eigenvalue weighted by Gasteiger charge is 2.18. The van der Waals surface area contributed by atoms with Gasteiger partial charge in [-0.2, -0.15) is 0 Å². The highest BCUT2D eigenvalue weighted by molar-refractivity contribution is 5.38. The first-order valence-electron chi connectivity index (χ1n) is 7.01. The van der Waals surface area contributed by atoms with Crippen LogP contribution in [0.15, 0.2) is 36.4 Å². The molecule has 0 aromatic heterocycles. The fourth-order valence-corrected chi connectivity index (χ4v) is 2.66. The summed E-state index contributed by atoms with van der Waals surface area (Å²) in [7, 11) is 0. The van der Waals surface area contributed by atoms with Gasteiger partial charge in [-0.25, -0.2) is 8.78 Å². The molecule has 2 aromatic carbocycles. The molecule has 0 radical (unpaired) electrons. The fourth-order valence-electron chi connectivity index (χ4n) is 2.66. The first kappa shape index (κ1) is 14.0. The molecule has 0 fully saturated rings. The van der Waals surface area contributed by atoms with Gasteiger partial charge in [0.25, 0.3) is 0 Å². The van der Waals surface area contributed by atoms with Gasteiger partial charge in [0.15, 0.2) is 0 Å². The zero-order valence-corrected chi connectivity index (χ0v) is 11.5. The Morgan fingerprint density at radius 3 is 2.86 bits per heavy atom. The molecule has 2 nitrogen and oxygen atoms in total. The molecule has 2 aromatic rings. The van der Waals surface area contributed by atoms with E-state index in [1.165, 1.54) is 0 Å². The average molecular weight is 290 g/mol. The Morgan fingerprint density at radius 2 is 2.00 bits per heavy atom. The number of hydrogen-bond acceptors (Lipinski definition) is 2. The molecule has 3 rings (SSSR count). The number of aliphatic hydroxyl groups is 1. The molecule has 0 unspecified atom stereocenters. The molecule has 0 saturated heterocycles. The van der Waals surface area contributed by atoms with Crippen LogP contribution in [0.2, 0.25) is 0 Å². The van der Waals surface area contributed by atoms with Crippen molar-refractivity contribution in [1.82, 2.24) is 0 Å². The van der Waals surface area contributed by atoms with Crippen molar-refractivity contribution >= 4 is 0 Å². The molecule has 0 heterocycles. The Balaban J connectivity index is 1.76. The van der Waals surface area contributed by atoms with E-state index in [1.807, 2.05) is 6.07 Å². The average Bonchev–Trinajstić information content (AvgIpc) is 2.49. The third-order valence-electron chi connectivity index (χ3n) is 3.80. The first-order chi connectivity index (χ1) is 10.1. The van der Waals surface area contributed by atoms with Gasteiger partial charge >= 0.3 is 0 Å². The number of fused-ring (bicyclic) bond motifs is 1. The van der Waals surface area contributed by atoms with Crippen LogP contribution in [0.1, 0.15) is 35.6 Å². The molecule has 110 valence electrons. The van der Waals surface area contributed by atoms with Crippen molar-refractivity contribution in [2.75, 3.05) is 0 Å². The summed E-state index contributed by atoms with van der Waals surface area (Å²) in [5, 5.41) is 9.99. The van der Waals surface area contributed by atoms with Gasteiger partial charge in [0, 0.05) is 5.56 Å². The molecular formula is C17H16F2O2. The smallest absolute Gasteiger partial charge is 0.130 e. The predicted octanol–water partition coefficient (Wildman–Crippen LogP) is 3.91. The molecule has 1 aliphatic rings. The molecule has 0 aliphatic heterocycles. The van der Waals surface area contributed by atoms with Crippen LogP contribution < -0.4 is 4.74 Å². The van der Waals surface area contributed by atoms with E-state index in [0.717, 1.165) is 48.6 Å². The maximum absolute atomic E-state index is 13.5. The molecule has 0 bridgehead atoms. The van der Waals surface area contributed by atoms with Gasteiger partial charge in [0.2, 0.25) is 0 Å².